The van der Waals surface area contributed by atoms with Crippen LogP contribution in [0.5, 0.6) is 23.0 Å². The monoisotopic (exact) mass is 390 g/mol. The van der Waals surface area contributed by atoms with E-state index in [-0.39, 0.29) is 26.3 Å². The Hall–Kier alpha value is -2.26. The Morgan fingerprint density at radius 3 is 1.96 bits per heavy atom. The van der Waals surface area contributed by atoms with E-state index in [0.29, 0.717) is 22.8 Å². The smallest absolute Gasteiger partial charge is 0.193 e. The second-order valence-electron chi connectivity index (χ2n) is 6.48. The van der Waals surface area contributed by atoms with Crippen LogP contribution < -0.4 is 24.3 Å². The number of hydrogen-bond donors (Lipinski definition) is 0. The van der Waals surface area contributed by atoms with Gasteiger partial charge < -0.3 is 18.9 Å². The molecule has 2 aromatic carbocycles. The van der Waals surface area contributed by atoms with Gasteiger partial charge in [-0.25, -0.2) is 0 Å². The van der Waals surface area contributed by atoms with Gasteiger partial charge in [-0.3, -0.25) is 4.79 Å². The first-order valence-corrected chi connectivity index (χ1v) is 9.85. The summed E-state index contributed by atoms with van der Waals surface area (Å²) in [6, 6.07) is 10.9. The molecular formula is C21H27O5P. The molecular weight excluding hydrogens is 363 g/mol. The van der Waals surface area contributed by atoms with Gasteiger partial charge in [0.15, 0.2) is 5.52 Å². The highest BCUT2D eigenvalue weighted by Gasteiger charge is 2.20. The van der Waals surface area contributed by atoms with Crippen LogP contribution in [0.15, 0.2) is 36.4 Å². The Labute approximate surface area is 162 Å². The van der Waals surface area contributed by atoms with Crippen LogP contribution >= 0.6 is 8.58 Å². The summed E-state index contributed by atoms with van der Waals surface area (Å²) in [5.41, 5.74) is 0.370. The summed E-state index contributed by atoms with van der Waals surface area (Å²) in [5.74, 6) is 2.37. The van der Waals surface area contributed by atoms with Gasteiger partial charge in [-0.2, -0.15) is 0 Å². The number of ether oxygens (including phenoxy) is 4. The predicted molar refractivity (Wildman–Crippen MR) is 110 cm³/mol. The van der Waals surface area contributed by atoms with E-state index in [4.69, 9.17) is 18.9 Å². The minimum atomic E-state index is -0.134. The quantitative estimate of drug-likeness (QED) is 0.593. The number of benzene rings is 2. The normalized spacial score (nSPS) is 11.3. The maximum atomic E-state index is 13.0. The number of carbonyl (C=O) groups is 1. The molecule has 0 amide bonds. The third-order valence-corrected chi connectivity index (χ3v) is 4.75. The Kier molecular flexibility index (Phi) is 7.49. The van der Waals surface area contributed by atoms with Crippen molar-refractivity contribution in [3.63, 3.8) is 0 Å². The van der Waals surface area contributed by atoms with Gasteiger partial charge in [0, 0.05) is 11.4 Å². The van der Waals surface area contributed by atoms with Crippen LogP contribution in [-0.4, -0.2) is 32.0 Å². The molecule has 2 rings (SSSR count). The van der Waals surface area contributed by atoms with E-state index in [0.717, 1.165) is 11.1 Å². The molecule has 0 aromatic heterocycles. The van der Waals surface area contributed by atoms with Crippen LogP contribution in [0.1, 0.15) is 38.1 Å². The molecule has 0 saturated carbocycles. The maximum absolute atomic E-state index is 13.0. The molecule has 0 radical (unpaired) electrons. The van der Waals surface area contributed by atoms with Crippen molar-refractivity contribution in [1.29, 1.82) is 0 Å². The lowest BCUT2D eigenvalue weighted by Gasteiger charge is -2.17. The standard InChI is InChI=1S/C21H27O5P/c1-13(2)25-15-10-11-19(18(12-15)26-14(3)4)27-21(22)20-16(23-5)8-7-9-17(20)24-6/h7-14,27H,1-6H3. The fraction of sp³-hybridized carbons (Fsp3) is 0.381. The van der Waals surface area contributed by atoms with Gasteiger partial charge in [-0.05, 0) is 60.5 Å². The molecule has 1 atom stereocenters. The number of methoxy groups -OCH3 is 2. The average Bonchev–Trinajstić information content (AvgIpc) is 2.62. The van der Waals surface area contributed by atoms with Crippen molar-refractivity contribution in [3.05, 3.63) is 42.0 Å². The largest absolute Gasteiger partial charge is 0.496 e. The summed E-state index contributed by atoms with van der Waals surface area (Å²) in [5, 5.41) is 0.817. The van der Waals surface area contributed by atoms with Crippen LogP contribution in [0.2, 0.25) is 0 Å². The fourth-order valence-corrected chi connectivity index (χ4v) is 3.60. The van der Waals surface area contributed by atoms with Gasteiger partial charge in [0.1, 0.15) is 28.6 Å². The van der Waals surface area contributed by atoms with Gasteiger partial charge in [-0.15, -0.1) is 0 Å². The number of rotatable bonds is 9. The molecule has 0 bridgehead atoms. The number of carbonyl (C=O) groups excluding carboxylic acids is 1. The molecule has 0 heterocycles. The zero-order valence-corrected chi connectivity index (χ0v) is 17.7. The topological polar surface area (TPSA) is 54.0 Å². The molecule has 0 spiro atoms. The van der Waals surface area contributed by atoms with Gasteiger partial charge in [0.25, 0.3) is 0 Å². The van der Waals surface area contributed by atoms with Crippen LogP contribution in [0, 0.1) is 0 Å². The lowest BCUT2D eigenvalue weighted by Crippen LogP contribution is -2.14. The Morgan fingerprint density at radius 1 is 0.852 bits per heavy atom. The predicted octanol–water partition coefficient (Wildman–Crippen LogP) is 4.42. The first-order chi connectivity index (χ1) is 12.8. The molecule has 0 N–H and O–H groups in total. The van der Waals surface area contributed by atoms with Gasteiger partial charge in [0.2, 0.25) is 0 Å². The third-order valence-electron chi connectivity index (χ3n) is 3.59. The molecule has 6 heteroatoms. The Balaban J connectivity index is 2.37. The lowest BCUT2D eigenvalue weighted by molar-refractivity contribution is 0.108. The molecule has 0 aliphatic carbocycles. The molecule has 1 unspecified atom stereocenters. The van der Waals surface area contributed by atoms with E-state index in [1.54, 1.807) is 32.4 Å². The van der Waals surface area contributed by atoms with Crippen molar-refractivity contribution in [2.45, 2.75) is 39.9 Å². The minimum Gasteiger partial charge on any atom is -0.496 e. The van der Waals surface area contributed by atoms with Crippen LogP contribution in [0.3, 0.4) is 0 Å². The molecule has 146 valence electrons. The fourth-order valence-electron chi connectivity index (χ4n) is 2.56. The summed E-state index contributed by atoms with van der Waals surface area (Å²) in [4.78, 5) is 13.0. The zero-order chi connectivity index (χ0) is 20.0. The van der Waals surface area contributed by atoms with Crippen molar-refractivity contribution in [2.75, 3.05) is 14.2 Å². The van der Waals surface area contributed by atoms with Crippen LogP contribution in [0.25, 0.3) is 0 Å². The second kappa shape index (κ2) is 9.61. The Morgan fingerprint density at radius 2 is 1.44 bits per heavy atom. The summed E-state index contributed by atoms with van der Waals surface area (Å²) < 4.78 is 22.4. The summed E-state index contributed by atoms with van der Waals surface area (Å²) in [6.45, 7) is 7.84. The third kappa shape index (κ3) is 5.61. The van der Waals surface area contributed by atoms with E-state index in [9.17, 15) is 4.79 Å². The highest BCUT2D eigenvalue weighted by Crippen LogP contribution is 2.36. The highest BCUT2D eigenvalue weighted by molar-refractivity contribution is 7.66. The minimum absolute atomic E-state index is 0.0150. The van der Waals surface area contributed by atoms with Crippen molar-refractivity contribution in [1.82, 2.24) is 0 Å². The van der Waals surface area contributed by atoms with Gasteiger partial charge >= 0.3 is 0 Å². The van der Waals surface area contributed by atoms with E-state index >= 15 is 0 Å². The van der Waals surface area contributed by atoms with Crippen molar-refractivity contribution >= 4 is 19.4 Å². The second-order valence-corrected chi connectivity index (χ2v) is 7.73. The van der Waals surface area contributed by atoms with Crippen LogP contribution in [-0.2, 0) is 0 Å². The zero-order valence-electron chi connectivity index (χ0n) is 16.7. The number of hydrogen-bond acceptors (Lipinski definition) is 5. The van der Waals surface area contributed by atoms with Crippen LogP contribution in [0.4, 0.5) is 0 Å². The van der Waals surface area contributed by atoms with E-state index in [2.05, 4.69) is 0 Å². The molecule has 27 heavy (non-hydrogen) atoms. The first kappa shape index (κ1) is 21.0. The SMILES string of the molecule is COc1cccc(OC)c1C(=O)Pc1ccc(OC(C)C)cc1OC(C)C. The first-order valence-electron chi connectivity index (χ1n) is 8.85. The summed E-state index contributed by atoms with van der Waals surface area (Å²) in [6.07, 6.45) is 0.0448. The van der Waals surface area contributed by atoms with E-state index < -0.39 is 0 Å². The molecule has 0 aliphatic rings. The molecule has 2 aromatic rings. The average molecular weight is 390 g/mol. The van der Waals surface area contributed by atoms with E-state index in [1.165, 1.54) is 0 Å². The van der Waals surface area contributed by atoms with Crippen molar-refractivity contribution < 1.29 is 23.7 Å². The highest BCUT2D eigenvalue weighted by atomic mass is 31.1. The molecule has 0 fully saturated rings. The van der Waals surface area contributed by atoms with Crippen molar-refractivity contribution in [2.24, 2.45) is 0 Å². The van der Waals surface area contributed by atoms with E-state index in [1.807, 2.05) is 45.9 Å². The Bertz CT molecular complexity index is 764. The lowest BCUT2D eigenvalue weighted by atomic mass is 10.2. The molecule has 0 saturated heterocycles. The van der Waals surface area contributed by atoms with Crippen molar-refractivity contribution in [3.8, 4) is 23.0 Å². The maximum Gasteiger partial charge on any atom is 0.193 e. The van der Waals surface area contributed by atoms with Gasteiger partial charge in [0.05, 0.1) is 26.4 Å². The van der Waals surface area contributed by atoms with Gasteiger partial charge in [-0.1, -0.05) is 6.07 Å². The molecule has 0 aliphatic heterocycles. The summed E-state index contributed by atoms with van der Waals surface area (Å²) in [7, 11) is 2.95. The molecule has 5 nitrogen and oxygen atoms in total. The summed E-state index contributed by atoms with van der Waals surface area (Å²) >= 11 is 0.